The molecule has 6 heteroatoms. The Bertz CT molecular complexity index is 426. The van der Waals surface area contributed by atoms with E-state index in [1.165, 1.54) is 0 Å². The molecular weight excluding hydrogens is 244 g/mol. The van der Waals surface area contributed by atoms with Gasteiger partial charge in [-0.3, -0.25) is 9.80 Å². The second kappa shape index (κ2) is 5.19. The van der Waals surface area contributed by atoms with E-state index in [0.717, 1.165) is 38.5 Å². The molecule has 3 aliphatic rings. The molecule has 0 saturated carbocycles. The van der Waals surface area contributed by atoms with Gasteiger partial charge in [0.15, 0.2) is 5.82 Å². The monoisotopic (exact) mass is 266 g/mol. The van der Waals surface area contributed by atoms with Gasteiger partial charge in [0, 0.05) is 32.7 Å². The molecule has 0 radical (unpaired) electrons. The first-order chi connectivity index (χ1) is 9.13. The van der Waals surface area contributed by atoms with Crippen LogP contribution in [-0.2, 0) is 6.42 Å². The van der Waals surface area contributed by atoms with Gasteiger partial charge in [0.1, 0.15) is 0 Å². The van der Waals surface area contributed by atoms with Crippen LogP contribution in [-0.4, -0.2) is 63.9 Å². The Kier molecular flexibility index (Phi) is 3.56. The summed E-state index contributed by atoms with van der Waals surface area (Å²) in [4.78, 5) is 9.34. The summed E-state index contributed by atoms with van der Waals surface area (Å²) in [6.07, 6.45) is 0.0290. The van der Waals surface area contributed by atoms with E-state index >= 15 is 0 Å². The van der Waals surface area contributed by atoms with Crippen LogP contribution in [0, 0.1) is 5.92 Å². The molecule has 3 aliphatic heterocycles. The molecule has 2 atom stereocenters. The van der Waals surface area contributed by atoms with E-state index in [-0.39, 0.29) is 12.0 Å². The molecule has 1 aromatic heterocycles. The molecule has 6 nitrogen and oxygen atoms in total. The van der Waals surface area contributed by atoms with Gasteiger partial charge < -0.3 is 9.63 Å². The van der Waals surface area contributed by atoms with Gasteiger partial charge in [-0.05, 0) is 5.92 Å². The lowest BCUT2D eigenvalue weighted by Crippen LogP contribution is -2.57. The van der Waals surface area contributed by atoms with E-state index in [1.807, 2.05) is 13.8 Å². The first kappa shape index (κ1) is 13.0. The lowest BCUT2D eigenvalue weighted by molar-refractivity contribution is 0.00781. The summed E-state index contributed by atoms with van der Waals surface area (Å²) in [5.41, 5.74) is 0. The van der Waals surface area contributed by atoms with Crippen molar-refractivity contribution in [2.45, 2.75) is 32.4 Å². The van der Waals surface area contributed by atoms with Crippen molar-refractivity contribution < 1.29 is 9.63 Å². The van der Waals surface area contributed by atoms with Crippen molar-refractivity contribution >= 4 is 0 Å². The Morgan fingerprint density at radius 2 is 2.05 bits per heavy atom. The molecule has 106 valence electrons. The highest BCUT2D eigenvalue weighted by molar-refractivity contribution is 5.01. The third-order valence-corrected chi connectivity index (χ3v) is 4.21. The van der Waals surface area contributed by atoms with Gasteiger partial charge in [0.25, 0.3) is 0 Å². The molecule has 0 aromatic carbocycles. The first-order valence-electron chi connectivity index (χ1n) is 7.10. The van der Waals surface area contributed by atoms with Gasteiger partial charge in [-0.25, -0.2) is 0 Å². The minimum atomic E-state index is -0.417. The lowest BCUT2D eigenvalue weighted by Gasteiger charge is -2.46. The molecule has 0 amide bonds. The van der Waals surface area contributed by atoms with Crippen molar-refractivity contribution in [3.05, 3.63) is 11.7 Å². The van der Waals surface area contributed by atoms with Crippen molar-refractivity contribution in [2.24, 2.45) is 5.92 Å². The van der Waals surface area contributed by atoms with E-state index in [0.29, 0.717) is 12.3 Å². The average Bonchev–Trinajstić information content (AvgIpc) is 2.88. The number of hydrogen-bond acceptors (Lipinski definition) is 6. The highest BCUT2D eigenvalue weighted by atomic mass is 16.5. The van der Waals surface area contributed by atoms with Crippen LogP contribution in [0.4, 0.5) is 0 Å². The number of piperazine rings is 3. The van der Waals surface area contributed by atoms with Crippen LogP contribution in [0.3, 0.4) is 0 Å². The van der Waals surface area contributed by atoms with Gasteiger partial charge in [0.2, 0.25) is 5.89 Å². The smallest absolute Gasteiger partial charge is 0.229 e. The van der Waals surface area contributed by atoms with Crippen molar-refractivity contribution in [3.63, 3.8) is 0 Å². The second-order valence-corrected chi connectivity index (χ2v) is 5.91. The first-order valence-corrected chi connectivity index (χ1v) is 7.10. The fourth-order valence-electron chi connectivity index (χ4n) is 2.76. The largest absolute Gasteiger partial charge is 0.392 e. The summed E-state index contributed by atoms with van der Waals surface area (Å²) >= 11 is 0. The Hall–Kier alpha value is -0.980. The normalized spacial score (nSPS) is 31.9. The lowest BCUT2D eigenvalue weighted by atomic mass is 10.0. The molecule has 4 heterocycles. The molecule has 3 fully saturated rings. The van der Waals surface area contributed by atoms with Gasteiger partial charge in [-0.1, -0.05) is 19.0 Å². The number of aliphatic hydroxyl groups excluding tert-OH is 1. The minimum absolute atomic E-state index is 0.205. The predicted octanol–water partition coefficient (Wildman–Crippen LogP) is 0.301. The summed E-state index contributed by atoms with van der Waals surface area (Å²) in [5, 5.41) is 14.0. The number of nitrogens with zero attached hydrogens (tertiary/aromatic N) is 4. The van der Waals surface area contributed by atoms with Crippen molar-refractivity contribution in [1.29, 1.82) is 0 Å². The maximum Gasteiger partial charge on any atom is 0.229 e. The zero-order valence-electron chi connectivity index (χ0n) is 11.6. The fourth-order valence-corrected chi connectivity index (χ4v) is 2.76. The molecule has 0 aliphatic carbocycles. The zero-order chi connectivity index (χ0) is 13.4. The zero-order valence-corrected chi connectivity index (χ0v) is 11.6. The maximum absolute atomic E-state index is 9.86. The standard InChI is InChI=1S/C13H22N4O2/c1-9(2)11(18)7-12-14-13(15-19-12)10-8-16-3-5-17(10)6-4-16/h9-11,18H,3-8H2,1-2H3. The Morgan fingerprint density at radius 1 is 1.32 bits per heavy atom. The van der Waals surface area contributed by atoms with E-state index in [9.17, 15) is 5.11 Å². The maximum atomic E-state index is 9.86. The van der Waals surface area contributed by atoms with Gasteiger partial charge >= 0.3 is 0 Å². The molecule has 2 bridgehead atoms. The van der Waals surface area contributed by atoms with Gasteiger partial charge in [-0.2, -0.15) is 4.98 Å². The summed E-state index contributed by atoms with van der Waals surface area (Å²) in [6, 6.07) is 0.260. The molecule has 3 saturated heterocycles. The van der Waals surface area contributed by atoms with Crippen LogP contribution in [0.15, 0.2) is 4.52 Å². The summed E-state index contributed by atoms with van der Waals surface area (Å²) < 4.78 is 5.28. The molecule has 2 unspecified atom stereocenters. The predicted molar refractivity (Wildman–Crippen MR) is 69.6 cm³/mol. The fraction of sp³-hybridized carbons (Fsp3) is 0.846. The Labute approximate surface area is 113 Å². The van der Waals surface area contributed by atoms with Crippen LogP contribution in [0.1, 0.15) is 31.6 Å². The van der Waals surface area contributed by atoms with E-state index in [2.05, 4.69) is 19.9 Å². The van der Waals surface area contributed by atoms with E-state index < -0.39 is 6.10 Å². The average molecular weight is 266 g/mol. The van der Waals surface area contributed by atoms with Crippen molar-refractivity contribution in [1.82, 2.24) is 19.9 Å². The molecule has 19 heavy (non-hydrogen) atoms. The van der Waals surface area contributed by atoms with E-state index in [4.69, 9.17) is 4.52 Å². The number of fused-ring (bicyclic) bond motifs is 3. The summed E-state index contributed by atoms with van der Waals surface area (Å²) in [6.45, 7) is 9.43. The Balaban J connectivity index is 1.68. The van der Waals surface area contributed by atoms with Crippen LogP contribution >= 0.6 is 0 Å². The van der Waals surface area contributed by atoms with E-state index in [1.54, 1.807) is 0 Å². The molecule has 1 aromatic rings. The van der Waals surface area contributed by atoms with Crippen molar-refractivity contribution in [3.8, 4) is 0 Å². The summed E-state index contributed by atoms with van der Waals surface area (Å²) in [5.74, 6) is 1.53. The van der Waals surface area contributed by atoms with Crippen molar-refractivity contribution in [2.75, 3.05) is 32.7 Å². The minimum Gasteiger partial charge on any atom is -0.392 e. The third kappa shape index (κ3) is 2.66. The van der Waals surface area contributed by atoms with Crippen LogP contribution < -0.4 is 0 Å². The highest BCUT2D eigenvalue weighted by Crippen LogP contribution is 2.27. The topological polar surface area (TPSA) is 65.6 Å². The number of aliphatic hydroxyl groups is 1. The number of hydrogen-bond donors (Lipinski definition) is 1. The van der Waals surface area contributed by atoms with Gasteiger partial charge in [-0.15, -0.1) is 0 Å². The second-order valence-electron chi connectivity index (χ2n) is 5.91. The summed E-state index contributed by atoms with van der Waals surface area (Å²) in [7, 11) is 0. The quantitative estimate of drug-likeness (QED) is 0.845. The highest BCUT2D eigenvalue weighted by Gasteiger charge is 2.35. The molecule has 4 rings (SSSR count). The Morgan fingerprint density at radius 3 is 2.63 bits per heavy atom. The van der Waals surface area contributed by atoms with Crippen LogP contribution in [0.25, 0.3) is 0 Å². The third-order valence-electron chi connectivity index (χ3n) is 4.21. The van der Waals surface area contributed by atoms with Gasteiger partial charge in [0.05, 0.1) is 18.6 Å². The molecular formula is C13H22N4O2. The molecule has 0 spiro atoms. The molecule has 1 N–H and O–H groups in total. The SMILES string of the molecule is CC(C)C(O)Cc1nc(C2CN3CCN2CC3)no1. The number of rotatable bonds is 4. The van der Waals surface area contributed by atoms with Crippen LogP contribution in [0.5, 0.6) is 0 Å². The van der Waals surface area contributed by atoms with Crippen LogP contribution in [0.2, 0.25) is 0 Å². The number of aromatic nitrogens is 2.